The summed E-state index contributed by atoms with van der Waals surface area (Å²) in [5.74, 6) is 1.21. The van der Waals surface area contributed by atoms with Gasteiger partial charge in [-0.05, 0) is 18.2 Å². The Bertz CT molecular complexity index is 754. The molecule has 2 N–H and O–H groups in total. The summed E-state index contributed by atoms with van der Waals surface area (Å²) in [4.78, 5) is 4.76. The molecule has 0 fully saturated rings. The van der Waals surface area contributed by atoms with Gasteiger partial charge < -0.3 is 14.9 Å². The van der Waals surface area contributed by atoms with Crippen LogP contribution in [0.15, 0.2) is 53.1 Å². The Morgan fingerprint density at radius 3 is 2.85 bits per heavy atom. The van der Waals surface area contributed by atoms with Crippen LogP contribution in [-0.2, 0) is 6.61 Å². The number of nitrogens with two attached hydrogens (primary N) is 1. The summed E-state index contributed by atoms with van der Waals surface area (Å²) in [5, 5.41) is 0.922. The van der Waals surface area contributed by atoms with Gasteiger partial charge in [-0.25, -0.2) is 4.98 Å². The Kier molecular flexibility index (Phi) is 3.35. The van der Waals surface area contributed by atoms with Gasteiger partial charge in [-0.2, -0.15) is 0 Å². The molecular formula is C15H12N2O2S. The molecule has 0 aliphatic carbocycles. The zero-order chi connectivity index (χ0) is 13.9. The van der Waals surface area contributed by atoms with Crippen LogP contribution in [0.1, 0.15) is 11.3 Å². The smallest absolute Gasteiger partial charge is 0.214 e. The molecule has 2 heterocycles. The number of benzene rings is 1. The minimum Gasteiger partial charge on any atom is -0.469 e. The monoisotopic (exact) mass is 284 g/mol. The Morgan fingerprint density at radius 2 is 2.10 bits per heavy atom. The maximum absolute atomic E-state index is 5.77. The number of hydrogen-bond acceptors (Lipinski definition) is 4. The van der Waals surface area contributed by atoms with Gasteiger partial charge >= 0.3 is 0 Å². The largest absolute Gasteiger partial charge is 0.469 e. The van der Waals surface area contributed by atoms with E-state index < -0.39 is 0 Å². The van der Waals surface area contributed by atoms with Crippen LogP contribution in [0.2, 0.25) is 0 Å². The fourth-order valence-electron chi connectivity index (χ4n) is 1.97. The van der Waals surface area contributed by atoms with Crippen LogP contribution in [-0.4, -0.2) is 9.97 Å². The van der Waals surface area contributed by atoms with Crippen molar-refractivity contribution in [3.05, 3.63) is 60.1 Å². The first-order valence-corrected chi connectivity index (χ1v) is 6.49. The molecule has 2 aromatic heterocycles. The van der Waals surface area contributed by atoms with Gasteiger partial charge in [-0.1, -0.05) is 30.4 Å². The van der Waals surface area contributed by atoms with E-state index in [0.29, 0.717) is 17.5 Å². The van der Waals surface area contributed by atoms with Crippen molar-refractivity contribution in [1.82, 2.24) is 4.98 Å². The van der Waals surface area contributed by atoms with E-state index in [4.69, 9.17) is 27.1 Å². The van der Waals surface area contributed by atoms with Gasteiger partial charge in [0.05, 0.1) is 11.8 Å². The normalized spacial score (nSPS) is 10.6. The number of aromatic nitrogens is 1. The Hall–Kier alpha value is -2.40. The highest BCUT2D eigenvalue weighted by Crippen LogP contribution is 2.22. The first-order chi connectivity index (χ1) is 9.74. The zero-order valence-corrected chi connectivity index (χ0v) is 11.4. The van der Waals surface area contributed by atoms with Crippen molar-refractivity contribution in [3.63, 3.8) is 0 Å². The average Bonchev–Trinajstić information content (AvgIpc) is 2.97. The summed E-state index contributed by atoms with van der Waals surface area (Å²) in [6, 6.07) is 13.1. The Balaban J connectivity index is 1.97. The highest BCUT2D eigenvalue weighted by atomic mass is 32.1. The van der Waals surface area contributed by atoms with Crippen LogP contribution in [0.3, 0.4) is 0 Å². The third-order valence-corrected chi connectivity index (χ3v) is 3.12. The molecule has 0 atom stereocenters. The average molecular weight is 284 g/mol. The molecule has 0 saturated carbocycles. The number of pyridine rings is 1. The van der Waals surface area contributed by atoms with Gasteiger partial charge in [0, 0.05) is 17.0 Å². The maximum atomic E-state index is 5.77. The van der Waals surface area contributed by atoms with Gasteiger partial charge in [0.15, 0.2) is 0 Å². The summed E-state index contributed by atoms with van der Waals surface area (Å²) in [6.45, 7) is 0.315. The lowest BCUT2D eigenvalue weighted by molar-refractivity contribution is 0.261. The second kappa shape index (κ2) is 5.30. The van der Waals surface area contributed by atoms with Gasteiger partial charge in [-0.3, -0.25) is 0 Å². The van der Waals surface area contributed by atoms with Crippen LogP contribution >= 0.6 is 12.2 Å². The molecule has 0 spiro atoms. The summed E-state index contributed by atoms with van der Waals surface area (Å²) in [6.07, 6.45) is 1.60. The number of nitrogens with zero attached hydrogens (tertiary/aromatic N) is 1. The molecule has 100 valence electrons. The van der Waals surface area contributed by atoms with E-state index in [0.717, 1.165) is 22.2 Å². The molecule has 3 rings (SSSR count). The molecule has 3 aromatic rings. The predicted octanol–water partition coefficient (Wildman–Crippen LogP) is 3.04. The molecule has 4 nitrogen and oxygen atoms in total. The van der Waals surface area contributed by atoms with Gasteiger partial charge in [0.25, 0.3) is 0 Å². The minimum atomic E-state index is 0.315. The third-order valence-electron chi connectivity index (χ3n) is 2.90. The molecule has 0 aliphatic rings. The molecule has 0 amide bonds. The summed E-state index contributed by atoms with van der Waals surface area (Å²) in [7, 11) is 0. The topological polar surface area (TPSA) is 61.3 Å². The molecular weight excluding hydrogens is 272 g/mol. The summed E-state index contributed by atoms with van der Waals surface area (Å²) in [5.41, 5.74) is 7.33. The first kappa shape index (κ1) is 12.6. The molecule has 0 bridgehead atoms. The summed E-state index contributed by atoms with van der Waals surface area (Å²) >= 11 is 5.09. The Labute approximate surface area is 121 Å². The van der Waals surface area contributed by atoms with Gasteiger partial charge in [0.1, 0.15) is 17.4 Å². The SMILES string of the molecule is NC(=S)c1cc(OCc2ccco2)nc2ccccc12. The van der Waals surface area contributed by atoms with E-state index in [2.05, 4.69) is 4.98 Å². The second-order valence-corrected chi connectivity index (χ2v) is 4.70. The van der Waals surface area contributed by atoms with Crippen molar-refractivity contribution in [3.8, 4) is 5.88 Å². The van der Waals surface area contributed by atoms with E-state index in [1.54, 1.807) is 12.3 Å². The lowest BCUT2D eigenvalue weighted by atomic mass is 10.1. The van der Waals surface area contributed by atoms with Crippen LogP contribution in [0.25, 0.3) is 10.9 Å². The zero-order valence-electron chi connectivity index (χ0n) is 10.6. The third kappa shape index (κ3) is 2.48. The fourth-order valence-corrected chi connectivity index (χ4v) is 2.14. The first-order valence-electron chi connectivity index (χ1n) is 6.09. The van der Waals surface area contributed by atoms with Crippen molar-refractivity contribution in [2.75, 3.05) is 0 Å². The van der Waals surface area contributed by atoms with E-state index >= 15 is 0 Å². The minimum absolute atomic E-state index is 0.315. The van der Waals surface area contributed by atoms with Crippen molar-refractivity contribution < 1.29 is 9.15 Å². The van der Waals surface area contributed by atoms with E-state index in [1.807, 2.05) is 36.4 Å². The van der Waals surface area contributed by atoms with Crippen molar-refractivity contribution in [2.24, 2.45) is 5.73 Å². The molecule has 0 unspecified atom stereocenters. The van der Waals surface area contributed by atoms with Crippen LogP contribution in [0, 0.1) is 0 Å². The molecule has 1 aromatic carbocycles. The number of ether oxygens (including phenoxy) is 1. The van der Waals surface area contributed by atoms with Crippen molar-refractivity contribution in [1.29, 1.82) is 0 Å². The quantitative estimate of drug-likeness (QED) is 0.746. The number of para-hydroxylation sites is 1. The highest BCUT2D eigenvalue weighted by molar-refractivity contribution is 7.80. The second-order valence-electron chi connectivity index (χ2n) is 4.26. The van der Waals surface area contributed by atoms with E-state index in [1.165, 1.54) is 0 Å². The predicted molar refractivity (Wildman–Crippen MR) is 80.7 cm³/mol. The molecule has 0 aliphatic heterocycles. The van der Waals surface area contributed by atoms with Gasteiger partial charge in [-0.15, -0.1) is 0 Å². The van der Waals surface area contributed by atoms with E-state index in [9.17, 15) is 0 Å². The fraction of sp³-hybridized carbons (Fsp3) is 0.0667. The molecule has 5 heteroatoms. The Morgan fingerprint density at radius 1 is 1.25 bits per heavy atom. The molecule has 0 saturated heterocycles. The molecule has 20 heavy (non-hydrogen) atoms. The number of thiocarbonyl (C=S) groups is 1. The number of furan rings is 1. The van der Waals surface area contributed by atoms with Crippen molar-refractivity contribution in [2.45, 2.75) is 6.61 Å². The van der Waals surface area contributed by atoms with Crippen molar-refractivity contribution >= 4 is 28.1 Å². The maximum Gasteiger partial charge on any atom is 0.214 e. The number of rotatable bonds is 4. The lowest BCUT2D eigenvalue weighted by Crippen LogP contribution is -2.11. The van der Waals surface area contributed by atoms with Crippen LogP contribution in [0.4, 0.5) is 0 Å². The van der Waals surface area contributed by atoms with Crippen LogP contribution in [0.5, 0.6) is 5.88 Å². The van der Waals surface area contributed by atoms with Crippen LogP contribution < -0.4 is 10.5 Å². The highest BCUT2D eigenvalue weighted by Gasteiger charge is 2.09. The number of hydrogen-bond donors (Lipinski definition) is 1. The molecule has 0 radical (unpaired) electrons. The number of fused-ring (bicyclic) bond motifs is 1. The standard InChI is InChI=1S/C15H12N2O2S/c16-15(20)12-8-14(19-9-10-4-3-7-18-10)17-13-6-2-1-5-11(12)13/h1-8H,9H2,(H2,16,20). The van der Waals surface area contributed by atoms with Gasteiger partial charge in [0.2, 0.25) is 5.88 Å². The summed E-state index contributed by atoms with van der Waals surface area (Å²) < 4.78 is 10.8. The lowest BCUT2D eigenvalue weighted by Gasteiger charge is -2.09. The van der Waals surface area contributed by atoms with E-state index in [-0.39, 0.29) is 0 Å².